The largest absolute Gasteiger partial charge is 0.481 e. The van der Waals surface area contributed by atoms with Gasteiger partial charge in [-0.1, -0.05) is 6.07 Å². The number of hydrogen-bond donors (Lipinski definition) is 3. The number of aryl methyl sites for hydroxylation is 1. The topological polar surface area (TPSA) is 102 Å². The van der Waals surface area contributed by atoms with Crippen LogP contribution in [-0.4, -0.2) is 23.1 Å². The number of nitrogens with zero attached hydrogens (tertiary/aromatic N) is 1. The Bertz CT molecular complexity index is 302. The lowest BCUT2D eigenvalue weighted by molar-refractivity contribution is -0.136. The van der Waals surface area contributed by atoms with Crippen LogP contribution in [0.3, 0.4) is 0 Å². The van der Waals surface area contributed by atoms with E-state index < -0.39 is 5.97 Å². The van der Waals surface area contributed by atoms with Crippen molar-refractivity contribution >= 4 is 5.97 Å². The van der Waals surface area contributed by atoms with Crippen LogP contribution >= 0.6 is 0 Å². The van der Waals surface area contributed by atoms with Gasteiger partial charge in [0.25, 0.3) is 0 Å². The number of hydrogen-bond acceptors (Lipinski definition) is 4. The van der Waals surface area contributed by atoms with Gasteiger partial charge in [0.05, 0.1) is 0 Å². The second-order valence-corrected chi connectivity index (χ2v) is 2.80. The maximum Gasteiger partial charge on any atom is 0.303 e. The summed E-state index contributed by atoms with van der Waals surface area (Å²) in [6, 6.07) is 1.88. The van der Waals surface area contributed by atoms with Gasteiger partial charge >= 0.3 is 5.97 Å². The molecule has 1 aromatic heterocycles. The van der Waals surface area contributed by atoms with Crippen LogP contribution in [0.4, 0.5) is 0 Å². The summed E-state index contributed by atoms with van der Waals surface area (Å²) in [6.45, 7) is 0.438. The zero-order chi connectivity index (χ0) is 11.7. The summed E-state index contributed by atoms with van der Waals surface area (Å²) in [5.74, 6) is -0.793. The van der Waals surface area contributed by atoms with Gasteiger partial charge in [0.15, 0.2) is 0 Å². The molecule has 0 aliphatic rings. The standard InChI is InChI=1S/C9H12N2O2.CH5N/c10-4-8-3-7(5-11-6-8)1-2-9(12)13;1-2/h3,5-6H,1-2,4,10H2,(H,12,13);2H2,1H3. The average molecular weight is 211 g/mol. The van der Waals surface area contributed by atoms with Crippen LogP contribution in [0.25, 0.3) is 0 Å². The molecular formula is C10H17N3O2. The number of aromatic nitrogens is 1. The summed E-state index contributed by atoms with van der Waals surface area (Å²) in [7, 11) is 1.50. The summed E-state index contributed by atoms with van der Waals surface area (Å²) in [6.07, 6.45) is 4.00. The van der Waals surface area contributed by atoms with E-state index in [2.05, 4.69) is 10.7 Å². The average Bonchev–Trinajstić information content (AvgIpc) is 2.29. The molecule has 0 saturated heterocycles. The van der Waals surface area contributed by atoms with Gasteiger partial charge in [-0.25, -0.2) is 0 Å². The molecule has 5 heteroatoms. The highest BCUT2D eigenvalue weighted by molar-refractivity contribution is 5.67. The van der Waals surface area contributed by atoms with Crippen molar-refractivity contribution in [2.24, 2.45) is 11.5 Å². The fourth-order valence-electron chi connectivity index (χ4n) is 1.04. The van der Waals surface area contributed by atoms with Crippen LogP contribution in [-0.2, 0) is 17.8 Å². The molecule has 0 aliphatic carbocycles. The third kappa shape index (κ3) is 5.77. The molecular weight excluding hydrogens is 194 g/mol. The van der Waals surface area contributed by atoms with E-state index in [1.807, 2.05) is 6.07 Å². The molecule has 15 heavy (non-hydrogen) atoms. The highest BCUT2D eigenvalue weighted by Gasteiger charge is 1.99. The van der Waals surface area contributed by atoms with Crippen molar-refractivity contribution in [3.63, 3.8) is 0 Å². The number of aliphatic carboxylic acids is 1. The van der Waals surface area contributed by atoms with Gasteiger partial charge in [0, 0.05) is 25.4 Å². The number of rotatable bonds is 4. The van der Waals surface area contributed by atoms with Crippen molar-refractivity contribution in [2.75, 3.05) is 7.05 Å². The van der Waals surface area contributed by atoms with Gasteiger partial charge in [-0.2, -0.15) is 0 Å². The predicted molar refractivity (Wildman–Crippen MR) is 58.2 cm³/mol. The smallest absolute Gasteiger partial charge is 0.303 e. The third-order valence-corrected chi connectivity index (χ3v) is 1.71. The van der Waals surface area contributed by atoms with E-state index in [0.29, 0.717) is 13.0 Å². The number of pyridine rings is 1. The Labute approximate surface area is 89.1 Å². The molecule has 0 radical (unpaired) electrons. The minimum absolute atomic E-state index is 0.135. The molecule has 1 heterocycles. The number of nitrogens with two attached hydrogens (primary N) is 2. The molecule has 1 rings (SSSR count). The van der Waals surface area contributed by atoms with Crippen molar-refractivity contribution in [1.82, 2.24) is 4.98 Å². The minimum Gasteiger partial charge on any atom is -0.481 e. The molecule has 0 amide bonds. The Morgan fingerprint density at radius 3 is 2.53 bits per heavy atom. The van der Waals surface area contributed by atoms with E-state index in [9.17, 15) is 4.79 Å². The van der Waals surface area contributed by atoms with Gasteiger partial charge in [-0.15, -0.1) is 0 Å². The Hall–Kier alpha value is -1.46. The molecule has 5 N–H and O–H groups in total. The Morgan fingerprint density at radius 1 is 1.40 bits per heavy atom. The molecule has 1 aromatic rings. The van der Waals surface area contributed by atoms with Gasteiger partial charge in [0.1, 0.15) is 0 Å². The van der Waals surface area contributed by atoms with Crippen molar-refractivity contribution in [2.45, 2.75) is 19.4 Å². The second-order valence-electron chi connectivity index (χ2n) is 2.80. The minimum atomic E-state index is -0.793. The normalized spacial score (nSPS) is 9.00. The van der Waals surface area contributed by atoms with Crippen LogP contribution in [0.15, 0.2) is 18.5 Å². The van der Waals surface area contributed by atoms with Crippen molar-refractivity contribution < 1.29 is 9.90 Å². The summed E-state index contributed by atoms with van der Waals surface area (Å²) in [5.41, 5.74) is 11.8. The first kappa shape index (κ1) is 13.5. The van der Waals surface area contributed by atoms with E-state index in [1.165, 1.54) is 7.05 Å². The maximum atomic E-state index is 10.3. The van der Waals surface area contributed by atoms with Crippen LogP contribution in [0.2, 0.25) is 0 Å². The molecule has 0 bridgehead atoms. The number of carbonyl (C=O) groups is 1. The summed E-state index contributed by atoms with van der Waals surface area (Å²) >= 11 is 0. The number of carboxylic acid groups (broad SMARTS) is 1. The van der Waals surface area contributed by atoms with E-state index in [-0.39, 0.29) is 6.42 Å². The van der Waals surface area contributed by atoms with E-state index >= 15 is 0 Å². The molecule has 5 nitrogen and oxygen atoms in total. The maximum absolute atomic E-state index is 10.3. The van der Waals surface area contributed by atoms with Crippen LogP contribution in [0, 0.1) is 0 Å². The molecule has 0 aliphatic heterocycles. The highest BCUT2D eigenvalue weighted by atomic mass is 16.4. The first-order valence-corrected chi connectivity index (χ1v) is 4.65. The lowest BCUT2D eigenvalue weighted by Crippen LogP contribution is -2.01. The molecule has 0 unspecified atom stereocenters. The number of carboxylic acids is 1. The lowest BCUT2D eigenvalue weighted by Gasteiger charge is -2.00. The Morgan fingerprint density at radius 2 is 2.00 bits per heavy atom. The zero-order valence-electron chi connectivity index (χ0n) is 8.81. The Kier molecular flexibility index (Phi) is 7.13. The first-order chi connectivity index (χ1) is 7.22. The zero-order valence-corrected chi connectivity index (χ0v) is 8.81. The molecule has 84 valence electrons. The van der Waals surface area contributed by atoms with Gasteiger partial charge < -0.3 is 16.6 Å². The van der Waals surface area contributed by atoms with Crippen molar-refractivity contribution in [1.29, 1.82) is 0 Å². The molecule has 0 fully saturated rings. The lowest BCUT2D eigenvalue weighted by atomic mass is 10.1. The first-order valence-electron chi connectivity index (χ1n) is 4.65. The molecule has 0 spiro atoms. The molecule has 0 aromatic carbocycles. The fraction of sp³-hybridized carbons (Fsp3) is 0.400. The molecule has 0 atom stereocenters. The van der Waals surface area contributed by atoms with Crippen molar-refractivity contribution in [3.05, 3.63) is 29.6 Å². The van der Waals surface area contributed by atoms with Gasteiger partial charge in [0.2, 0.25) is 0 Å². The van der Waals surface area contributed by atoms with E-state index in [0.717, 1.165) is 11.1 Å². The van der Waals surface area contributed by atoms with E-state index in [1.54, 1.807) is 12.4 Å². The van der Waals surface area contributed by atoms with Crippen LogP contribution in [0.1, 0.15) is 17.5 Å². The third-order valence-electron chi connectivity index (χ3n) is 1.71. The van der Waals surface area contributed by atoms with E-state index in [4.69, 9.17) is 10.8 Å². The quantitative estimate of drug-likeness (QED) is 0.657. The van der Waals surface area contributed by atoms with Crippen molar-refractivity contribution in [3.8, 4) is 0 Å². The van der Waals surface area contributed by atoms with Crippen LogP contribution in [0.5, 0.6) is 0 Å². The summed E-state index contributed by atoms with van der Waals surface area (Å²) < 4.78 is 0. The monoisotopic (exact) mass is 211 g/mol. The highest BCUT2D eigenvalue weighted by Crippen LogP contribution is 2.04. The van der Waals surface area contributed by atoms with Gasteiger partial charge in [-0.05, 0) is 24.6 Å². The second kappa shape index (κ2) is 7.90. The SMILES string of the molecule is CN.NCc1cncc(CCC(=O)O)c1. The summed E-state index contributed by atoms with van der Waals surface area (Å²) in [5, 5.41) is 8.46. The molecule has 0 saturated carbocycles. The van der Waals surface area contributed by atoms with Gasteiger partial charge in [-0.3, -0.25) is 9.78 Å². The predicted octanol–water partition coefficient (Wildman–Crippen LogP) is 0.132. The van der Waals surface area contributed by atoms with Crippen LogP contribution < -0.4 is 11.5 Å². The fourth-order valence-corrected chi connectivity index (χ4v) is 1.04. The summed E-state index contributed by atoms with van der Waals surface area (Å²) in [4.78, 5) is 14.2. The Balaban J connectivity index is 0.000000921.